The second-order valence-electron chi connectivity index (χ2n) is 2.58. The van der Waals surface area contributed by atoms with Gasteiger partial charge in [-0.1, -0.05) is 13.0 Å². The van der Waals surface area contributed by atoms with Crippen LogP contribution >= 0.6 is 0 Å². The summed E-state index contributed by atoms with van der Waals surface area (Å²) in [6.45, 7) is 1.62. The fourth-order valence-corrected chi connectivity index (χ4v) is 1.88. The Morgan fingerprint density at radius 2 is 2.00 bits per heavy atom. The molecule has 0 atom stereocenters. The predicted octanol–water partition coefficient (Wildman–Crippen LogP) is 1.49. The molecular formula is C9H12ArO3S. The molecule has 0 aliphatic rings. The maximum atomic E-state index is 11.4. The van der Waals surface area contributed by atoms with Crippen LogP contribution in [0.1, 0.15) is 6.92 Å². The van der Waals surface area contributed by atoms with Crippen LogP contribution in [0.5, 0.6) is 5.75 Å². The number of sulfone groups is 1. The Morgan fingerprint density at radius 3 is 2.50 bits per heavy atom. The third-order valence-corrected chi connectivity index (χ3v) is 3.51. The van der Waals surface area contributed by atoms with Crippen molar-refractivity contribution in [3.63, 3.8) is 0 Å². The summed E-state index contributed by atoms with van der Waals surface area (Å²) in [5.74, 6) is 0.676. The van der Waals surface area contributed by atoms with Gasteiger partial charge in [-0.05, 0) is 18.2 Å². The van der Waals surface area contributed by atoms with E-state index < -0.39 is 9.84 Å². The minimum absolute atomic E-state index is 0. The van der Waals surface area contributed by atoms with Gasteiger partial charge < -0.3 is 4.74 Å². The maximum Gasteiger partial charge on any atom is 0.178 e. The summed E-state index contributed by atoms with van der Waals surface area (Å²) in [4.78, 5) is 0.314. The summed E-state index contributed by atoms with van der Waals surface area (Å²) < 4.78 is 27.8. The molecule has 0 heterocycles. The second kappa shape index (κ2) is 5.95. The number of benzene rings is 1. The maximum absolute atomic E-state index is 11.4. The topological polar surface area (TPSA) is 43.4 Å². The van der Waals surface area contributed by atoms with Crippen molar-refractivity contribution >= 4 is 9.84 Å². The van der Waals surface area contributed by atoms with Crippen molar-refractivity contribution < 1.29 is 50.9 Å². The number of ether oxygens (including phenoxy) is 1. The minimum Gasteiger partial charge on any atom is -0.497 e. The Morgan fingerprint density at radius 1 is 1.36 bits per heavy atom. The average molecular weight is 240 g/mol. The molecule has 0 saturated heterocycles. The normalized spacial score (nSPS) is 10.4. The van der Waals surface area contributed by atoms with E-state index in [2.05, 4.69) is 0 Å². The molecule has 5 heteroatoms. The van der Waals surface area contributed by atoms with Gasteiger partial charge in [0.05, 0.1) is 17.8 Å². The van der Waals surface area contributed by atoms with E-state index in [1.54, 1.807) is 25.1 Å². The molecule has 0 amide bonds. The molecule has 0 bridgehead atoms. The molecule has 14 heavy (non-hydrogen) atoms. The van der Waals surface area contributed by atoms with E-state index in [9.17, 15) is 8.42 Å². The molecule has 3 nitrogen and oxygen atoms in total. The molecule has 1 aromatic rings. The Labute approximate surface area is 114 Å². The van der Waals surface area contributed by atoms with Crippen LogP contribution in [0.15, 0.2) is 29.2 Å². The van der Waals surface area contributed by atoms with Crippen LogP contribution in [0, 0.1) is 37.7 Å². The van der Waals surface area contributed by atoms with Crippen molar-refractivity contribution in [2.75, 3.05) is 12.9 Å². The molecule has 0 fully saturated rings. The van der Waals surface area contributed by atoms with Crippen molar-refractivity contribution in [1.82, 2.24) is 0 Å². The first kappa shape index (κ1) is 14.2. The standard InChI is InChI=1S/C9H12O3S.Ar/c1-3-13(10,11)9-6-4-5-8(7-9)12-2;/h4-7H,3H2,1-2H3;. The van der Waals surface area contributed by atoms with Gasteiger partial charge in [0.1, 0.15) is 5.75 Å². The Kier molecular flexibility index (Phi) is 6.05. The second-order valence-corrected chi connectivity index (χ2v) is 4.86. The fourth-order valence-electron chi connectivity index (χ4n) is 0.961. The first-order valence-electron chi connectivity index (χ1n) is 3.97. The van der Waals surface area contributed by atoms with E-state index in [1.165, 1.54) is 13.2 Å². The molecule has 0 spiro atoms. The van der Waals surface area contributed by atoms with E-state index in [0.717, 1.165) is 0 Å². The van der Waals surface area contributed by atoms with Crippen LogP contribution in [-0.4, -0.2) is 21.3 Å². The summed E-state index contributed by atoms with van der Waals surface area (Å²) in [5.41, 5.74) is 0. The predicted molar refractivity (Wildman–Crippen MR) is 50.7 cm³/mol. The number of hydrogen-bond acceptors (Lipinski definition) is 3. The smallest absolute Gasteiger partial charge is 0.178 e. The van der Waals surface area contributed by atoms with E-state index >= 15 is 0 Å². The summed E-state index contributed by atoms with van der Waals surface area (Å²) in [5, 5.41) is 0. The van der Waals surface area contributed by atoms with E-state index in [4.69, 9.17) is 4.74 Å². The molecule has 0 unspecified atom stereocenters. The summed E-state index contributed by atoms with van der Waals surface area (Å²) >= 11 is 0. The zero-order chi connectivity index (χ0) is 9.90. The summed E-state index contributed by atoms with van der Waals surface area (Å²) in [6, 6.07) is 6.48. The van der Waals surface area contributed by atoms with Gasteiger partial charge in [0, 0.05) is 37.7 Å². The van der Waals surface area contributed by atoms with Crippen LogP contribution in [0.4, 0.5) is 0 Å². The third-order valence-electron chi connectivity index (χ3n) is 1.78. The quantitative estimate of drug-likeness (QED) is 0.803. The van der Waals surface area contributed by atoms with Crippen LogP contribution in [-0.2, 0) is 9.84 Å². The minimum atomic E-state index is -3.11. The number of methoxy groups -OCH3 is 1. The number of hydrogen-bond donors (Lipinski definition) is 0. The van der Waals surface area contributed by atoms with E-state index in [1.807, 2.05) is 0 Å². The van der Waals surface area contributed by atoms with Gasteiger partial charge >= 0.3 is 0 Å². The van der Waals surface area contributed by atoms with Gasteiger partial charge in [-0.2, -0.15) is 0 Å². The molecule has 0 saturated carbocycles. The number of rotatable bonds is 3. The van der Waals surface area contributed by atoms with Crippen molar-refractivity contribution in [3.8, 4) is 5.75 Å². The van der Waals surface area contributed by atoms with Crippen molar-refractivity contribution in [1.29, 1.82) is 0 Å². The van der Waals surface area contributed by atoms with Crippen LogP contribution in [0.3, 0.4) is 0 Å². The van der Waals surface area contributed by atoms with Gasteiger partial charge in [-0.3, -0.25) is 0 Å². The molecule has 1 aromatic carbocycles. The zero-order valence-electron chi connectivity index (χ0n) is 8.00. The molecule has 0 aliphatic carbocycles. The Bertz CT molecular complexity index is 387. The van der Waals surface area contributed by atoms with Gasteiger partial charge in [-0.25, -0.2) is 8.42 Å². The summed E-state index contributed by atoms with van der Waals surface area (Å²) in [7, 11) is -1.60. The van der Waals surface area contributed by atoms with Crippen LogP contribution in [0.2, 0.25) is 0 Å². The van der Waals surface area contributed by atoms with Crippen LogP contribution < -0.4 is 4.74 Å². The van der Waals surface area contributed by atoms with Crippen molar-refractivity contribution in [2.24, 2.45) is 0 Å². The monoisotopic (exact) mass is 240 g/mol. The molecular weight excluding hydrogens is 228 g/mol. The first-order valence-corrected chi connectivity index (χ1v) is 5.62. The van der Waals surface area contributed by atoms with Gasteiger partial charge in [0.2, 0.25) is 0 Å². The zero-order valence-corrected chi connectivity index (χ0v) is 9.53. The molecule has 0 aliphatic heterocycles. The molecule has 80 valence electrons. The average Bonchev–Trinajstić information content (AvgIpc) is 2.18. The van der Waals surface area contributed by atoms with Crippen molar-refractivity contribution in [3.05, 3.63) is 24.3 Å². The molecule has 0 N–H and O–H groups in total. The van der Waals surface area contributed by atoms with Crippen molar-refractivity contribution in [2.45, 2.75) is 11.8 Å². The largest absolute Gasteiger partial charge is 0.497 e. The molecule has 0 radical (unpaired) electrons. The third kappa shape index (κ3) is 3.42. The van der Waals surface area contributed by atoms with Gasteiger partial charge in [-0.15, -0.1) is 0 Å². The van der Waals surface area contributed by atoms with Gasteiger partial charge in [0.25, 0.3) is 0 Å². The van der Waals surface area contributed by atoms with Crippen LogP contribution in [0.25, 0.3) is 0 Å². The van der Waals surface area contributed by atoms with E-state index in [0.29, 0.717) is 10.6 Å². The fraction of sp³-hybridized carbons (Fsp3) is 0.333. The van der Waals surface area contributed by atoms with Gasteiger partial charge in [0.15, 0.2) is 9.84 Å². The van der Waals surface area contributed by atoms with E-state index in [-0.39, 0.29) is 43.5 Å². The Hall–Kier alpha value is 0.230. The molecule has 0 aromatic heterocycles. The molecule has 1 rings (SSSR count). The first-order chi connectivity index (χ1) is 6.10. The Balaban J connectivity index is 0.00000169. The summed E-state index contributed by atoms with van der Waals surface area (Å²) in [6.07, 6.45) is 0. The SMILES string of the molecule is CCS(=O)(=O)c1cccc(OC)c1.[Ar].